The molecule has 8 heteroatoms. The van der Waals surface area contributed by atoms with Crippen molar-refractivity contribution in [3.8, 4) is 5.75 Å². The first-order valence-electron chi connectivity index (χ1n) is 9.48. The molecule has 1 saturated carbocycles. The van der Waals surface area contributed by atoms with E-state index in [4.69, 9.17) is 15.8 Å². The molecule has 0 saturated heterocycles. The molecule has 4 rings (SSSR count). The Morgan fingerprint density at radius 3 is 2.47 bits per heavy atom. The topological polar surface area (TPSA) is 63.7 Å². The fourth-order valence-electron chi connectivity index (χ4n) is 3.24. The van der Waals surface area contributed by atoms with Crippen LogP contribution < -0.4 is 4.18 Å². The van der Waals surface area contributed by atoms with E-state index in [2.05, 4.69) is 0 Å². The first-order valence-corrected chi connectivity index (χ1v) is 12.1. The molecule has 1 aliphatic carbocycles. The lowest BCUT2D eigenvalue weighted by atomic mass is 10.2. The molecule has 5 nitrogen and oxygen atoms in total. The van der Waals surface area contributed by atoms with Crippen LogP contribution in [0.5, 0.6) is 5.75 Å². The lowest BCUT2D eigenvalue weighted by molar-refractivity contribution is 0.0735. The third-order valence-electron chi connectivity index (χ3n) is 4.88. The molecule has 2 aromatic carbocycles. The van der Waals surface area contributed by atoms with Gasteiger partial charge < -0.3 is 9.08 Å². The SMILES string of the molecule is Cc1cccc(Cl)c1S(=O)(=O)Oc1ccc(CN(C(=O)c2cccs2)C2CC2)cc1. The highest BCUT2D eigenvalue weighted by molar-refractivity contribution is 7.87. The van der Waals surface area contributed by atoms with Gasteiger partial charge in [-0.15, -0.1) is 11.3 Å². The van der Waals surface area contributed by atoms with Crippen molar-refractivity contribution >= 4 is 39.0 Å². The average Bonchev–Trinajstić information content (AvgIpc) is 3.39. The minimum absolute atomic E-state index is 0.0304. The van der Waals surface area contributed by atoms with Gasteiger partial charge in [-0.25, -0.2) is 0 Å². The molecule has 3 aromatic rings. The van der Waals surface area contributed by atoms with E-state index in [1.165, 1.54) is 17.4 Å². The zero-order valence-electron chi connectivity index (χ0n) is 16.2. The molecule has 156 valence electrons. The normalized spacial score (nSPS) is 13.8. The maximum Gasteiger partial charge on any atom is 0.340 e. The molecule has 0 atom stereocenters. The number of rotatable bonds is 7. The zero-order valence-corrected chi connectivity index (χ0v) is 18.6. The molecule has 0 N–H and O–H groups in total. The first kappa shape index (κ1) is 20.9. The molecule has 0 radical (unpaired) electrons. The summed E-state index contributed by atoms with van der Waals surface area (Å²) in [7, 11) is -4.05. The van der Waals surface area contributed by atoms with E-state index in [1.54, 1.807) is 43.3 Å². The van der Waals surface area contributed by atoms with Crippen LogP contribution in [0.25, 0.3) is 0 Å². The summed E-state index contributed by atoms with van der Waals surface area (Å²) in [5.41, 5.74) is 1.43. The van der Waals surface area contributed by atoms with Gasteiger partial charge in [-0.1, -0.05) is 41.9 Å². The number of thiophene rings is 1. The monoisotopic (exact) mass is 461 g/mol. The van der Waals surface area contributed by atoms with Gasteiger partial charge in [0.15, 0.2) is 0 Å². The number of halogens is 1. The second-order valence-corrected chi connectivity index (χ2v) is 10.0. The Labute approximate surface area is 185 Å². The average molecular weight is 462 g/mol. The summed E-state index contributed by atoms with van der Waals surface area (Å²) in [5.74, 6) is 0.227. The largest absolute Gasteiger partial charge is 0.379 e. The number of hydrogen-bond acceptors (Lipinski definition) is 5. The minimum Gasteiger partial charge on any atom is -0.379 e. The summed E-state index contributed by atoms with van der Waals surface area (Å²) in [6.45, 7) is 2.14. The standard InChI is InChI=1S/C22H20ClNO4S2/c1-15-4-2-5-19(23)21(15)30(26,27)28-18-11-7-16(8-12-18)14-24(17-9-10-17)22(25)20-6-3-13-29-20/h2-8,11-13,17H,9-10,14H2,1H3. The van der Waals surface area contributed by atoms with Crippen LogP contribution in [0.3, 0.4) is 0 Å². The Bertz CT molecular complexity index is 1130. The van der Waals surface area contributed by atoms with Crippen molar-refractivity contribution in [2.24, 2.45) is 0 Å². The molecule has 0 spiro atoms. The Morgan fingerprint density at radius 2 is 1.87 bits per heavy atom. The second-order valence-electron chi connectivity index (χ2n) is 7.21. The first-order chi connectivity index (χ1) is 14.3. The van der Waals surface area contributed by atoms with E-state index < -0.39 is 10.1 Å². The number of benzene rings is 2. The van der Waals surface area contributed by atoms with Crippen LogP contribution in [0, 0.1) is 6.92 Å². The van der Waals surface area contributed by atoms with Crippen molar-refractivity contribution in [3.63, 3.8) is 0 Å². The predicted molar refractivity (Wildman–Crippen MR) is 118 cm³/mol. The number of nitrogens with zero attached hydrogens (tertiary/aromatic N) is 1. The second kappa shape index (κ2) is 8.41. The molecular weight excluding hydrogens is 442 g/mol. The van der Waals surface area contributed by atoms with Gasteiger partial charge in [0, 0.05) is 12.6 Å². The van der Waals surface area contributed by atoms with Crippen LogP contribution in [-0.2, 0) is 16.7 Å². The molecule has 1 aromatic heterocycles. The van der Waals surface area contributed by atoms with E-state index >= 15 is 0 Å². The van der Waals surface area contributed by atoms with Crippen molar-refractivity contribution < 1.29 is 17.4 Å². The Morgan fingerprint density at radius 1 is 1.13 bits per heavy atom. The van der Waals surface area contributed by atoms with Crippen LogP contribution in [0.2, 0.25) is 5.02 Å². The molecule has 1 aliphatic rings. The summed E-state index contributed by atoms with van der Waals surface area (Å²) in [5, 5.41) is 2.02. The van der Waals surface area contributed by atoms with Crippen molar-refractivity contribution in [1.29, 1.82) is 0 Å². The van der Waals surface area contributed by atoms with E-state index in [1.807, 2.05) is 22.4 Å². The Hall–Kier alpha value is -2.35. The van der Waals surface area contributed by atoms with Crippen LogP contribution >= 0.6 is 22.9 Å². The van der Waals surface area contributed by atoms with Crippen molar-refractivity contribution in [2.45, 2.75) is 37.2 Å². The molecule has 0 aliphatic heterocycles. The number of carbonyl (C=O) groups excluding carboxylic acids is 1. The molecule has 30 heavy (non-hydrogen) atoms. The third kappa shape index (κ3) is 4.53. The maximum atomic E-state index is 12.8. The minimum atomic E-state index is -4.05. The van der Waals surface area contributed by atoms with E-state index in [9.17, 15) is 13.2 Å². The number of amides is 1. The quantitative estimate of drug-likeness (QED) is 0.449. The summed E-state index contributed by atoms with van der Waals surface area (Å²) in [4.78, 5) is 15.4. The lowest BCUT2D eigenvalue weighted by Gasteiger charge is -2.22. The van der Waals surface area contributed by atoms with Crippen molar-refractivity contribution in [3.05, 3.63) is 81.0 Å². The van der Waals surface area contributed by atoms with Gasteiger partial charge in [0.2, 0.25) is 0 Å². The highest BCUT2D eigenvalue weighted by atomic mass is 35.5. The Kier molecular flexibility index (Phi) is 5.86. The van der Waals surface area contributed by atoms with Crippen LogP contribution in [0.1, 0.15) is 33.6 Å². The van der Waals surface area contributed by atoms with Gasteiger partial charge in [-0.2, -0.15) is 8.42 Å². The smallest absolute Gasteiger partial charge is 0.340 e. The van der Waals surface area contributed by atoms with Gasteiger partial charge >= 0.3 is 10.1 Å². The molecule has 1 heterocycles. The molecule has 0 unspecified atom stereocenters. The number of hydrogen-bond donors (Lipinski definition) is 0. The van der Waals surface area contributed by atoms with Gasteiger partial charge in [0.05, 0.1) is 9.90 Å². The maximum absolute atomic E-state index is 12.8. The van der Waals surface area contributed by atoms with Gasteiger partial charge in [0.1, 0.15) is 10.6 Å². The van der Waals surface area contributed by atoms with Gasteiger partial charge in [-0.05, 0) is 60.5 Å². The van der Waals surface area contributed by atoms with E-state index in [-0.39, 0.29) is 27.6 Å². The van der Waals surface area contributed by atoms with Crippen LogP contribution in [0.15, 0.2) is 64.9 Å². The summed E-state index contributed by atoms with van der Waals surface area (Å²) in [6, 6.07) is 15.6. The molecule has 1 amide bonds. The Balaban J connectivity index is 1.49. The van der Waals surface area contributed by atoms with Crippen LogP contribution in [0.4, 0.5) is 0 Å². The number of carbonyl (C=O) groups is 1. The fourth-order valence-corrected chi connectivity index (χ4v) is 5.64. The van der Waals surface area contributed by atoms with Crippen molar-refractivity contribution in [1.82, 2.24) is 4.90 Å². The van der Waals surface area contributed by atoms with E-state index in [0.717, 1.165) is 23.3 Å². The van der Waals surface area contributed by atoms with Gasteiger partial charge in [-0.3, -0.25) is 4.79 Å². The fraction of sp³-hybridized carbons (Fsp3) is 0.227. The summed E-state index contributed by atoms with van der Waals surface area (Å²) in [6.07, 6.45) is 2.02. The lowest BCUT2D eigenvalue weighted by Crippen LogP contribution is -2.32. The third-order valence-corrected chi connectivity index (χ3v) is 7.62. The predicted octanol–water partition coefficient (Wildman–Crippen LogP) is 5.28. The highest BCUT2D eigenvalue weighted by Gasteiger charge is 2.33. The molecule has 1 fully saturated rings. The number of aryl methyl sites for hydroxylation is 1. The summed E-state index contributed by atoms with van der Waals surface area (Å²) < 4.78 is 30.6. The van der Waals surface area contributed by atoms with Crippen LogP contribution in [-0.4, -0.2) is 25.3 Å². The highest BCUT2D eigenvalue weighted by Crippen LogP contribution is 2.32. The summed E-state index contributed by atoms with van der Waals surface area (Å²) >= 11 is 7.51. The molecular formula is C22H20ClNO4S2. The van der Waals surface area contributed by atoms with Gasteiger partial charge in [0.25, 0.3) is 5.91 Å². The van der Waals surface area contributed by atoms with E-state index in [0.29, 0.717) is 12.1 Å². The van der Waals surface area contributed by atoms with Crippen molar-refractivity contribution in [2.75, 3.05) is 0 Å². The molecule has 0 bridgehead atoms. The zero-order chi connectivity index (χ0) is 21.3.